The van der Waals surface area contributed by atoms with Crippen LogP contribution >= 0.6 is 0 Å². The quantitative estimate of drug-likeness (QED) is 0.424. The third-order valence-electron chi connectivity index (χ3n) is 7.30. The number of ether oxygens (including phenoxy) is 2. The Bertz CT molecular complexity index is 1670. The summed E-state index contributed by atoms with van der Waals surface area (Å²) >= 11 is 0. The van der Waals surface area contributed by atoms with Crippen LogP contribution in [0.15, 0.2) is 101 Å². The van der Waals surface area contributed by atoms with Crippen molar-refractivity contribution in [2.45, 2.75) is 25.1 Å². The maximum Gasteiger partial charge on any atom is 0.226 e. The molecule has 1 N–H and O–H groups in total. The minimum atomic E-state index is -0.274. The Morgan fingerprint density at radius 1 is 1.05 bits per heavy atom. The molecule has 0 amide bonds. The van der Waals surface area contributed by atoms with Crippen LogP contribution in [0.1, 0.15) is 23.7 Å². The second kappa shape index (κ2) is 8.48. The van der Waals surface area contributed by atoms with E-state index < -0.39 is 0 Å². The SMILES string of the molecule is COc1ccc(-c2cnc(N3Cc4c([nH]c5ccccc5c4=O)[C@@H]3C3C=C4CC=CC=C4O3)nc2)cc1. The highest BCUT2D eigenvalue weighted by molar-refractivity contribution is 5.80. The molecule has 4 heterocycles. The lowest BCUT2D eigenvalue weighted by atomic mass is 10.0. The molecule has 2 aromatic carbocycles. The Kier molecular flexibility index (Phi) is 4.96. The van der Waals surface area contributed by atoms with Crippen LogP contribution in [0.25, 0.3) is 22.0 Å². The van der Waals surface area contributed by atoms with E-state index >= 15 is 0 Å². The Balaban J connectivity index is 1.30. The van der Waals surface area contributed by atoms with Crippen LogP contribution in [0.2, 0.25) is 0 Å². The molecular formula is C30H24N4O3. The van der Waals surface area contributed by atoms with Crippen molar-refractivity contribution in [2.24, 2.45) is 0 Å². The molecule has 7 rings (SSSR count). The summed E-state index contributed by atoms with van der Waals surface area (Å²) in [4.78, 5) is 28.6. The number of methoxy groups -OCH3 is 1. The number of nitrogens with zero attached hydrogens (tertiary/aromatic N) is 3. The lowest BCUT2D eigenvalue weighted by Crippen LogP contribution is -2.32. The Labute approximate surface area is 213 Å². The van der Waals surface area contributed by atoms with Crippen molar-refractivity contribution in [3.63, 3.8) is 0 Å². The zero-order valence-corrected chi connectivity index (χ0v) is 20.2. The first-order chi connectivity index (χ1) is 18.2. The fraction of sp³-hybridized carbons (Fsp3) is 0.167. The summed E-state index contributed by atoms with van der Waals surface area (Å²) in [5.41, 5.74) is 5.52. The number of hydrogen-bond donors (Lipinski definition) is 1. The van der Waals surface area contributed by atoms with Crippen molar-refractivity contribution in [3.05, 3.63) is 118 Å². The molecule has 2 atom stereocenters. The number of benzene rings is 2. The Hall–Kier alpha value is -4.65. The van der Waals surface area contributed by atoms with Gasteiger partial charge in [-0.3, -0.25) is 4.79 Å². The van der Waals surface area contributed by atoms with E-state index in [-0.39, 0.29) is 17.6 Å². The average molecular weight is 489 g/mol. The highest BCUT2D eigenvalue weighted by Gasteiger charge is 2.43. The number of aromatic nitrogens is 3. The first-order valence-electron chi connectivity index (χ1n) is 12.3. The molecule has 4 aromatic rings. The number of para-hydroxylation sites is 1. The summed E-state index contributed by atoms with van der Waals surface area (Å²) in [5, 5.41) is 0.684. The summed E-state index contributed by atoms with van der Waals surface area (Å²) in [5.74, 6) is 2.24. The standard InChI is InChI=1S/C30H24N4O3/c1-36-21-12-10-18(11-13-21)20-15-31-30(32-16-20)34-17-23-27(33-24-8-4-3-7-22(24)29(23)35)28(34)26-14-19-6-2-5-9-25(19)37-26/h2-5,7-16,26,28H,6,17H2,1H3,(H,33,35)/t26?,28-/m0/s1. The number of rotatable bonds is 4. The van der Waals surface area contributed by atoms with Crippen LogP contribution in [0.5, 0.6) is 5.75 Å². The normalized spacial score (nSPS) is 19.8. The van der Waals surface area contributed by atoms with Crippen LogP contribution in [-0.4, -0.2) is 28.2 Å². The molecule has 0 bridgehead atoms. The third kappa shape index (κ3) is 3.54. The van der Waals surface area contributed by atoms with E-state index in [0.29, 0.717) is 17.9 Å². The summed E-state index contributed by atoms with van der Waals surface area (Å²) in [7, 11) is 1.65. The van der Waals surface area contributed by atoms with Gasteiger partial charge in [-0.15, -0.1) is 0 Å². The number of allylic oxidation sites excluding steroid dienone is 4. The smallest absolute Gasteiger partial charge is 0.226 e. The van der Waals surface area contributed by atoms with Gasteiger partial charge in [0.25, 0.3) is 0 Å². The van der Waals surface area contributed by atoms with E-state index in [1.165, 1.54) is 5.57 Å². The molecule has 3 aliphatic rings. The molecule has 182 valence electrons. The number of pyridine rings is 1. The van der Waals surface area contributed by atoms with Gasteiger partial charge in [-0.25, -0.2) is 9.97 Å². The first kappa shape index (κ1) is 21.6. The zero-order chi connectivity index (χ0) is 24.9. The molecule has 37 heavy (non-hydrogen) atoms. The van der Waals surface area contributed by atoms with Gasteiger partial charge < -0.3 is 19.4 Å². The molecule has 0 saturated carbocycles. The van der Waals surface area contributed by atoms with Gasteiger partial charge >= 0.3 is 0 Å². The van der Waals surface area contributed by atoms with Gasteiger partial charge in [0.1, 0.15) is 23.7 Å². The number of fused-ring (bicyclic) bond motifs is 3. The molecule has 0 saturated heterocycles. The maximum absolute atomic E-state index is 13.5. The summed E-state index contributed by atoms with van der Waals surface area (Å²) in [6.07, 6.45) is 12.5. The molecule has 0 spiro atoms. The van der Waals surface area contributed by atoms with Crippen molar-refractivity contribution < 1.29 is 9.47 Å². The number of hydrogen-bond acceptors (Lipinski definition) is 6. The van der Waals surface area contributed by atoms with Gasteiger partial charge in [-0.05, 0) is 54.0 Å². The van der Waals surface area contributed by atoms with Gasteiger partial charge in [-0.1, -0.05) is 36.4 Å². The van der Waals surface area contributed by atoms with Crippen molar-refractivity contribution in [3.8, 4) is 16.9 Å². The van der Waals surface area contributed by atoms with Gasteiger partial charge in [0.15, 0.2) is 5.43 Å². The van der Waals surface area contributed by atoms with Crippen molar-refractivity contribution in [1.82, 2.24) is 15.0 Å². The van der Waals surface area contributed by atoms with Gasteiger partial charge in [0.05, 0.1) is 19.3 Å². The Morgan fingerprint density at radius 2 is 1.86 bits per heavy atom. The van der Waals surface area contributed by atoms with Gasteiger partial charge in [0, 0.05) is 34.4 Å². The number of anilines is 1. The lowest BCUT2D eigenvalue weighted by Gasteiger charge is -2.28. The number of nitrogens with one attached hydrogen (secondary N) is 1. The van der Waals surface area contributed by atoms with E-state index in [0.717, 1.165) is 45.8 Å². The van der Waals surface area contributed by atoms with Crippen molar-refractivity contribution >= 4 is 16.9 Å². The molecule has 1 aliphatic carbocycles. The summed E-state index contributed by atoms with van der Waals surface area (Å²) < 4.78 is 11.7. The molecule has 7 heteroatoms. The summed E-state index contributed by atoms with van der Waals surface area (Å²) in [6.45, 7) is 0.405. The molecule has 0 fully saturated rings. The second-order valence-electron chi connectivity index (χ2n) is 9.40. The van der Waals surface area contributed by atoms with Gasteiger partial charge in [0.2, 0.25) is 5.95 Å². The van der Waals surface area contributed by atoms with Crippen LogP contribution < -0.4 is 15.1 Å². The molecule has 2 aromatic heterocycles. The third-order valence-corrected chi connectivity index (χ3v) is 7.30. The minimum absolute atomic E-state index is 0.0376. The van der Waals surface area contributed by atoms with Crippen LogP contribution in [-0.2, 0) is 11.3 Å². The second-order valence-corrected chi connectivity index (χ2v) is 9.40. The highest BCUT2D eigenvalue weighted by Crippen LogP contribution is 2.43. The largest absolute Gasteiger partial charge is 0.497 e. The maximum atomic E-state index is 13.5. The molecule has 7 nitrogen and oxygen atoms in total. The molecule has 0 radical (unpaired) electrons. The van der Waals surface area contributed by atoms with E-state index in [2.05, 4.69) is 22.0 Å². The predicted molar refractivity (Wildman–Crippen MR) is 142 cm³/mol. The topological polar surface area (TPSA) is 80.3 Å². The fourth-order valence-electron chi connectivity index (χ4n) is 5.43. The van der Waals surface area contributed by atoms with E-state index in [1.54, 1.807) is 7.11 Å². The average Bonchev–Trinajstić information content (AvgIpc) is 3.55. The van der Waals surface area contributed by atoms with E-state index in [9.17, 15) is 4.79 Å². The molecule has 1 unspecified atom stereocenters. The number of aromatic amines is 1. The zero-order valence-electron chi connectivity index (χ0n) is 20.2. The first-order valence-corrected chi connectivity index (χ1v) is 12.3. The predicted octanol–water partition coefficient (Wildman–Crippen LogP) is 5.22. The van der Waals surface area contributed by atoms with Crippen LogP contribution in [0.4, 0.5) is 5.95 Å². The summed E-state index contributed by atoms with van der Waals surface area (Å²) in [6, 6.07) is 15.2. The highest BCUT2D eigenvalue weighted by atomic mass is 16.5. The van der Waals surface area contributed by atoms with E-state index in [4.69, 9.17) is 19.4 Å². The van der Waals surface area contributed by atoms with Crippen molar-refractivity contribution in [2.75, 3.05) is 12.0 Å². The molecular weight excluding hydrogens is 464 g/mol. The molecule has 2 aliphatic heterocycles. The lowest BCUT2D eigenvalue weighted by molar-refractivity contribution is 0.152. The minimum Gasteiger partial charge on any atom is -0.497 e. The monoisotopic (exact) mass is 488 g/mol. The van der Waals surface area contributed by atoms with Crippen LogP contribution in [0.3, 0.4) is 0 Å². The van der Waals surface area contributed by atoms with Gasteiger partial charge in [-0.2, -0.15) is 0 Å². The van der Waals surface area contributed by atoms with Crippen LogP contribution in [0, 0.1) is 0 Å². The number of H-pyrrole nitrogens is 1. The Morgan fingerprint density at radius 3 is 2.65 bits per heavy atom. The van der Waals surface area contributed by atoms with Crippen molar-refractivity contribution in [1.29, 1.82) is 0 Å². The van der Waals surface area contributed by atoms with E-state index in [1.807, 2.05) is 73.1 Å². The fourth-order valence-corrected chi connectivity index (χ4v) is 5.43.